The first-order valence-corrected chi connectivity index (χ1v) is 8.40. The molecule has 0 aromatic rings. The van der Waals surface area contributed by atoms with Crippen molar-refractivity contribution in [2.75, 3.05) is 5.75 Å². The molecule has 6 heteroatoms. The summed E-state index contributed by atoms with van der Waals surface area (Å²) in [6, 6.07) is 0. The molecule has 0 N–H and O–H groups in total. The van der Waals surface area contributed by atoms with E-state index < -0.39 is 15.2 Å². The molecule has 0 aromatic carbocycles. The molecule has 1 aliphatic carbocycles. The highest BCUT2D eigenvalue weighted by atomic mass is 35.7. The summed E-state index contributed by atoms with van der Waals surface area (Å²) in [6.45, 7) is 2.18. The highest BCUT2D eigenvalue weighted by molar-refractivity contribution is 8.13. The Balaban J connectivity index is 2.16. The third-order valence-corrected chi connectivity index (χ3v) is 5.15. The highest BCUT2D eigenvalue weighted by Crippen LogP contribution is 2.49. The van der Waals surface area contributed by atoms with E-state index in [2.05, 4.69) is 6.92 Å². The Labute approximate surface area is 106 Å². The average Bonchev–Trinajstić information content (AvgIpc) is 2.46. The summed E-state index contributed by atoms with van der Waals surface area (Å²) in [4.78, 5) is 11.4. The van der Waals surface area contributed by atoms with Crippen LogP contribution in [0.1, 0.15) is 39.0 Å². The van der Waals surface area contributed by atoms with Crippen LogP contribution >= 0.6 is 10.7 Å². The largest absolute Gasteiger partial charge is 0.461 e. The van der Waals surface area contributed by atoms with Gasteiger partial charge in [0.25, 0.3) is 0 Å². The van der Waals surface area contributed by atoms with Crippen molar-refractivity contribution in [1.82, 2.24) is 0 Å². The van der Waals surface area contributed by atoms with Gasteiger partial charge in [0, 0.05) is 16.1 Å². The van der Waals surface area contributed by atoms with E-state index in [1.165, 1.54) is 0 Å². The van der Waals surface area contributed by atoms with E-state index in [4.69, 9.17) is 15.4 Å². The van der Waals surface area contributed by atoms with Gasteiger partial charge in [0.1, 0.15) is 11.9 Å². The van der Waals surface area contributed by atoms with Gasteiger partial charge in [-0.25, -0.2) is 8.42 Å². The van der Waals surface area contributed by atoms with Crippen LogP contribution in [0.3, 0.4) is 0 Å². The molecule has 1 heterocycles. The van der Waals surface area contributed by atoms with Crippen molar-refractivity contribution in [3.63, 3.8) is 0 Å². The quantitative estimate of drug-likeness (QED) is 0.574. The van der Waals surface area contributed by atoms with Gasteiger partial charge in [0.05, 0.1) is 6.42 Å². The van der Waals surface area contributed by atoms with Gasteiger partial charge in [0.2, 0.25) is 9.05 Å². The van der Waals surface area contributed by atoms with Crippen molar-refractivity contribution in [2.45, 2.75) is 45.1 Å². The fourth-order valence-corrected chi connectivity index (χ4v) is 4.08. The lowest BCUT2D eigenvalue weighted by molar-refractivity contribution is -0.141. The van der Waals surface area contributed by atoms with Crippen LogP contribution in [0.25, 0.3) is 0 Å². The molecule has 1 saturated carbocycles. The first-order chi connectivity index (χ1) is 7.81. The van der Waals surface area contributed by atoms with Crippen LogP contribution in [0.4, 0.5) is 0 Å². The molecule has 0 aromatic heterocycles. The van der Waals surface area contributed by atoms with E-state index in [1.54, 1.807) is 0 Å². The van der Waals surface area contributed by atoms with Gasteiger partial charge in [-0.15, -0.1) is 0 Å². The van der Waals surface area contributed by atoms with Crippen LogP contribution in [-0.4, -0.2) is 26.2 Å². The van der Waals surface area contributed by atoms with Crippen LogP contribution in [0.5, 0.6) is 0 Å². The van der Waals surface area contributed by atoms with Gasteiger partial charge >= 0.3 is 5.97 Å². The number of carbonyl (C=O) groups excluding carboxylic acids is 1. The molecule has 98 valence electrons. The number of ether oxygens (including phenoxy) is 1. The van der Waals surface area contributed by atoms with Crippen LogP contribution < -0.4 is 0 Å². The van der Waals surface area contributed by atoms with Gasteiger partial charge in [-0.1, -0.05) is 19.8 Å². The van der Waals surface area contributed by atoms with Crippen molar-refractivity contribution in [3.05, 3.63) is 0 Å². The van der Waals surface area contributed by atoms with E-state index in [-0.39, 0.29) is 17.1 Å². The number of hydrogen-bond acceptors (Lipinski definition) is 4. The molecule has 2 rings (SSSR count). The molecule has 0 radical (unpaired) electrons. The number of hydrogen-bond donors (Lipinski definition) is 0. The van der Waals surface area contributed by atoms with Crippen LogP contribution in [-0.2, 0) is 18.6 Å². The molecule has 0 amide bonds. The average molecular weight is 281 g/mol. The Hall–Kier alpha value is -0.290. The number of halogens is 1. The second-order valence-corrected chi connectivity index (χ2v) is 8.23. The zero-order chi connectivity index (χ0) is 12.7. The fourth-order valence-electron chi connectivity index (χ4n) is 2.95. The Morgan fingerprint density at radius 1 is 1.41 bits per heavy atom. The standard InChI is InChI=1S/C11H17ClO4S/c1-8-2-4-11(5-3-8)6-10(13)16-9(11)7-17(12,14)15/h8-9H,2-7H2,1H3. The van der Waals surface area contributed by atoms with Crippen molar-refractivity contribution in [2.24, 2.45) is 11.3 Å². The predicted molar refractivity (Wildman–Crippen MR) is 64.2 cm³/mol. The molecule has 1 spiro atoms. The maximum Gasteiger partial charge on any atom is 0.306 e. The van der Waals surface area contributed by atoms with E-state index >= 15 is 0 Å². The Kier molecular flexibility index (Phi) is 3.42. The molecule has 1 unspecified atom stereocenters. The lowest BCUT2D eigenvalue weighted by Crippen LogP contribution is -2.38. The SMILES string of the molecule is CC1CCC2(CC1)CC(=O)OC2CS(=O)(=O)Cl. The lowest BCUT2D eigenvalue weighted by atomic mass is 9.67. The van der Waals surface area contributed by atoms with E-state index in [9.17, 15) is 13.2 Å². The molecular weight excluding hydrogens is 264 g/mol. The van der Waals surface area contributed by atoms with E-state index in [0.717, 1.165) is 25.7 Å². The van der Waals surface area contributed by atoms with Crippen molar-refractivity contribution >= 4 is 25.7 Å². The van der Waals surface area contributed by atoms with E-state index in [1.807, 2.05) is 0 Å². The number of esters is 1. The van der Waals surface area contributed by atoms with Crippen molar-refractivity contribution in [1.29, 1.82) is 0 Å². The molecule has 4 nitrogen and oxygen atoms in total. The summed E-state index contributed by atoms with van der Waals surface area (Å²) in [6.07, 6.45) is 3.56. The zero-order valence-corrected chi connectivity index (χ0v) is 11.4. The molecular formula is C11H17ClO4S. The topological polar surface area (TPSA) is 60.4 Å². The maximum absolute atomic E-state index is 11.4. The van der Waals surface area contributed by atoms with Crippen LogP contribution in [0.15, 0.2) is 0 Å². The molecule has 1 atom stereocenters. The normalized spacial score (nSPS) is 38.4. The molecule has 17 heavy (non-hydrogen) atoms. The molecule has 1 aliphatic heterocycles. The minimum Gasteiger partial charge on any atom is -0.461 e. The second-order valence-electron chi connectivity index (χ2n) is 5.41. The smallest absolute Gasteiger partial charge is 0.306 e. The first kappa shape index (κ1) is 13.1. The van der Waals surface area contributed by atoms with Gasteiger partial charge in [-0.05, 0) is 18.8 Å². The lowest BCUT2D eigenvalue weighted by Gasteiger charge is -2.37. The van der Waals surface area contributed by atoms with Gasteiger partial charge in [-0.2, -0.15) is 0 Å². The van der Waals surface area contributed by atoms with Crippen molar-refractivity contribution in [3.8, 4) is 0 Å². The molecule has 2 aliphatic rings. The summed E-state index contributed by atoms with van der Waals surface area (Å²) in [5.74, 6) is 0.101. The number of rotatable bonds is 2. The number of carbonyl (C=O) groups is 1. The highest BCUT2D eigenvalue weighted by Gasteiger charge is 2.51. The molecule has 1 saturated heterocycles. The van der Waals surface area contributed by atoms with Crippen LogP contribution in [0.2, 0.25) is 0 Å². The zero-order valence-electron chi connectivity index (χ0n) is 9.82. The summed E-state index contributed by atoms with van der Waals surface area (Å²) < 4.78 is 27.5. The molecule has 2 fully saturated rings. The van der Waals surface area contributed by atoms with E-state index in [0.29, 0.717) is 12.3 Å². The van der Waals surface area contributed by atoms with Gasteiger partial charge in [0.15, 0.2) is 0 Å². The van der Waals surface area contributed by atoms with Crippen molar-refractivity contribution < 1.29 is 17.9 Å². The number of cyclic esters (lactones) is 1. The summed E-state index contributed by atoms with van der Waals surface area (Å²) >= 11 is 0. The Bertz CT molecular complexity index is 409. The second kappa shape index (κ2) is 4.43. The fraction of sp³-hybridized carbons (Fsp3) is 0.909. The third kappa shape index (κ3) is 2.94. The molecule has 0 bridgehead atoms. The summed E-state index contributed by atoms with van der Waals surface area (Å²) in [7, 11) is 1.65. The van der Waals surface area contributed by atoms with Gasteiger partial charge < -0.3 is 4.74 Å². The Morgan fingerprint density at radius 3 is 2.53 bits per heavy atom. The first-order valence-electron chi connectivity index (χ1n) is 5.93. The summed E-state index contributed by atoms with van der Waals surface area (Å²) in [5.41, 5.74) is -0.286. The predicted octanol–water partition coefficient (Wildman–Crippen LogP) is 2.07. The minimum absolute atomic E-state index is 0.255. The minimum atomic E-state index is -3.62. The Morgan fingerprint density at radius 2 is 2.00 bits per heavy atom. The summed E-state index contributed by atoms with van der Waals surface area (Å²) in [5, 5.41) is 0. The van der Waals surface area contributed by atoms with Gasteiger partial charge in [-0.3, -0.25) is 4.79 Å². The third-order valence-electron chi connectivity index (χ3n) is 4.07. The van der Waals surface area contributed by atoms with Crippen LogP contribution in [0, 0.1) is 11.3 Å². The monoisotopic (exact) mass is 280 g/mol. The maximum atomic E-state index is 11.4.